The van der Waals surface area contributed by atoms with Gasteiger partial charge in [0.25, 0.3) is 0 Å². The van der Waals surface area contributed by atoms with Gasteiger partial charge in [0.15, 0.2) is 21.7 Å². The number of methoxy groups -OCH3 is 1. The van der Waals surface area contributed by atoms with Crippen LogP contribution >= 0.6 is 23.8 Å². The van der Waals surface area contributed by atoms with Crippen molar-refractivity contribution in [3.63, 3.8) is 0 Å². The van der Waals surface area contributed by atoms with Crippen LogP contribution in [0.1, 0.15) is 18.9 Å². The summed E-state index contributed by atoms with van der Waals surface area (Å²) in [6, 6.07) is 5.15. The van der Waals surface area contributed by atoms with Crippen LogP contribution < -0.4 is 15.4 Å². The molecule has 1 atom stereocenters. The molecular formula is C17H21ClN2O3S. The second kappa shape index (κ2) is 8.37. The molecule has 0 saturated carbocycles. The Morgan fingerprint density at radius 1 is 1.46 bits per heavy atom. The molecular weight excluding hydrogens is 348 g/mol. The Morgan fingerprint density at radius 2 is 2.25 bits per heavy atom. The number of hydrogen-bond acceptors (Lipinski definition) is 4. The predicted molar refractivity (Wildman–Crippen MR) is 99.3 cm³/mol. The first-order valence-electron chi connectivity index (χ1n) is 7.59. The molecule has 24 heavy (non-hydrogen) atoms. The molecule has 1 aromatic rings. The number of alkyl halides is 1. The molecule has 1 aromatic carbocycles. The smallest absolute Gasteiger partial charge is 0.171 e. The lowest BCUT2D eigenvalue weighted by Gasteiger charge is -2.25. The summed E-state index contributed by atoms with van der Waals surface area (Å²) in [5, 5.41) is 15.5. The van der Waals surface area contributed by atoms with Gasteiger partial charge in [0.05, 0.1) is 7.11 Å². The van der Waals surface area contributed by atoms with E-state index in [4.69, 9.17) is 33.3 Å². The van der Waals surface area contributed by atoms with Gasteiger partial charge in [-0.3, -0.25) is 0 Å². The number of thiocarbonyl (C=S) groups is 1. The molecule has 130 valence electrons. The molecule has 5 nitrogen and oxygen atoms in total. The summed E-state index contributed by atoms with van der Waals surface area (Å²) in [7, 11) is 1.51. The molecule has 1 unspecified atom stereocenters. The minimum Gasteiger partial charge on any atom is -0.504 e. The molecule has 1 aliphatic carbocycles. The molecule has 0 aliphatic heterocycles. The van der Waals surface area contributed by atoms with Crippen LogP contribution in [0.3, 0.4) is 0 Å². The Bertz CT molecular complexity index is 663. The second-order valence-corrected chi connectivity index (χ2v) is 6.28. The van der Waals surface area contributed by atoms with E-state index in [2.05, 4.69) is 10.6 Å². The van der Waals surface area contributed by atoms with Crippen LogP contribution in [-0.2, 0) is 11.3 Å². The normalized spacial score (nSPS) is 19.5. The fraction of sp³-hybridized carbons (Fsp3) is 0.353. The van der Waals surface area contributed by atoms with Gasteiger partial charge in [-0.05, 0) is 49.0 Å². The van der Waals surface area contributed by atoms with Gasteiger partial charge in [-0.15, -0.1) is 0 Å². The molecule has 1 aliphatic rings. The van der Waals surface area contributed by atoms with Gasteiger partial charge in [0, 0.05) is 25.3 Å². The zero-order chi connectivity index (χ0) is 17.6. The van der Waals surface area contributed by atoms with Crippen molar-refractivity contribution in [3.05, 3.63) is 47.7 Å². The van der Waals surface area contributed by atoms with Crippen LogP contribution in [0, 0.1) is 0 Å². The van der Waals surface area contributed by atoms with E-state index < -0.39 is 5.06 Å². The van der Waals surface area contributed by atoms with Crippen molar-refractivity contribution >= 4 is 28.9 Å². The lowest BCUT2D eigenvalue weighted by atomic mass is 10.1. The fourth-order valence-electron chi connectivity index (χ4n) is 2.23. The molecule has 7 heteroatoms. The maximum atomic E-state index is 9.59. The topological polar surface area (TPSA) is 62.8 Å². The zero-order valence-electron chi connectivity index (χ0n) is 13.6. The van der Waals surface area contributed by atoms with Gasteiger partial charge in [-0.25, -0.2) is 0 Å². The molecule has 0 fully saturated rings. The second-order valence-electron chi connectivity index (χ2n) is 5.23. The van der Waals surface area contributed by atoms with Gasteiger partial charge in [-0.2, -0.15) is 0 Å². The lowest BCUT2D eigenvalue weighted by Crippen LogP contribution is -2.35. The average Bonchev–Trinajstić information content (AvgIpc) is 2.56. The number of halogens is 1. The number of phenolic OH excluding ortho intramolecular Hbond substituents is 1. The van der Waals surface area contributed by atoms with Gasteiger partial charge >= 0.3 is 0 Å². The lowest BCUT2D eigenvalue weighted by molar-refractivity contribution is 0.0646. The van der Waals surface area contributed by atoms with Crippen molar-refractivity contribution in [2.45, 2.75) is 24.9 Å². The average molecular weight is 369 g/mol. The molecule has 0 aromatic heterocycles. The molecule has 0 amide bonds. The number of allylic oxidation sites excluding steroid dienone is 1. The van der Waals surface area contributed by atoms with Crippen molar-refractivity contribution in [1.29, 1.82) is 0 Å². The third-order valence-electron chi connectivity index (χ3n) is 3.45. The number of hydrogen-bond donors (Lipinski definition) is 3. The summed E-state index contributed by atoms with van der Waals surface area (Å²) >= 11 is 11.6. The zero-order valence-corrected chi connectivity index (χ0v) is 15.2. The molecule has 3 N–H and O–H groups in total. The number of nitrogens with one attached hydrogen (secondary N) is 2. The van der Waals surface area contributed by atoms with Crippen molar-refractivity contribution in [1.82, 2.24) is 10.6 Å². The van der Waals surface area contributed by atoms with Crippen LogP contribution in [0.5, 0.6) is 11.5 Å². The number of rotatable bonds is 6. The van der Waals surface area contributed by atoms with E-state index >= 15 is 0 Å². The molecule has 0 heterocycles. The van der Waals surface area contributed by atoms with E-state index in [0.29, 0.717) is 30.4 Å². The van der Waals surface area contributed by atoms with E-state index in [-0.39, 0.29) is 5.75 Å². The first kappa shape index (κ1) is 18.6. The van der Waals surface area contributed by atoms with E-state index in [1.165, 1.54) is 7.11 Å². The monoisotopic (exact) mass is 368 g/mol. The largest absolute Gasteiger partial charge is 0.504 e. The summed E-state index contributed by atoms with van der Waals surface area (Å²) in [6.45, 7) is 2.98. The van der Waals surface area contributed by atoms with Crippen LogP contribution in [0.25, 0.3) is 0 Å². The fourth-order valence-corrected chi connectivity index (χ4v) is 2.67. The summed E-state index contributed by atoms with van der Waals surface area (Å²) in [6.07, 6.45) is 6.18. The van der Waals surface area contributed by atoms with Crippen molar-refractivity contribution in [2.24, 2.45) is 0 Å². The first-order valence-corrected chi connectivity index (χ1v) is 8.37. The number of ether oxygens (including phenoxy) is 2. The molecule has 0 radical (unpaired) electrons. The SMILES string of the molecule is CCOC1(Cl)C=CC(NC(=S)NCc2ccc(O)c(OC)c2)=CC1. The van der Waals surface area contributed by atoms with Crippen LogP contribution in [0.2, 0.25) is 0 Å². The Kier molecular flexibility index (Phi) is 6.48. The maximum Gasteiger partial charge on any atom is 0.171 e. The Hall–Kier alpha value is -1.76. The summed E-state index contributed by atoms with van der Waals surface area (Å²) in [5.74, 6) is 0.541. The highest BCUT2D eigenvalue weighted by molar-refractivity contribution is 7.80. The van der Waals surface area contributed by atoms with Gasteiger partial charge in [0.2, 0.25) is 0 Å². The van der Waals surface area contributed by atoms with Crippen molar-refractivity contribution in [2.75, 3.05) is 13.7 Å². The minimum absolute atomic E-state index is 0.110. The van der Waals surface area contributed by atoms with Gasteiger partial charge in [0.1, 0.15) is 0 Å². The van der Waals surface area contributed by atoms with E-state index in [0.717, 1.165) is 11.3 Å². The van der Waals surface area contributed by atoms with E-state index in [1.807, 2.05) is 25.2 Å². The number of aromatic hydroxyl groups is 1. The van der Waals surface area contributed by atoms with Crippen molar-refractivity contribution in [3.8, 4) is 11.5 Å². The van der Waals surface area contributed by atoms with Gasteiger partial charge in [-0.1, -0.05) is 23.7 Å². The first-order chi connectivity index (χ1) is 11.5. The van der Waals surface area contributed by atoms with Crippen molar-refractivity contribution < 1.29 is 14.6 Å². The van der Waals surface area contributed by atoms with E-state index in [1.54, 1.807) is 18.2 Å². The maximum absolute atomic E-state index is 9.59. The summed E-state index contributed by atoms with van der Waals surface area (Å²) < 4.78 is 10.6. The standard InChI is InChI=1S/C17H21ClN2O3S/c1-3-23-17(18)8-6-13(7-9-17)20-16(24)19-11-12-4-5-14(21)15(10-12)22-2/h4-8,10,21H,3,9,11H2,1-2H3,(H2,19,20,24). The van der Waals surface area contributed by atoms with Crippen LogP contribution in [-0.4, -0.2) is 29.0 Å². The molecule has 2 rings (SSSR count). The highest BCUT2D eigenvalue weighted by atomic mass is 35.5. The number of benzene rings is 1. The third kappa shape index (κ3) is 5.12. The predicted octanol–water partition coefficient (Wildman–Crippen LogP) is 3.18. The highest BCUT2D eigenvalue weighted by Gasteiger charge is 2.25. The quantitative estimate of drug-likeness (QED) is 0.529. The Balaban J connectivity index is 1.84. The van der Waals surface area contributed by atoms with Crippen LogP contribution in [0.15, 0.2) is 42.1 Å². The minimum atomic E-state index is -0.766. The molecule has 0 spiro atoms. The molecule has 0 saturated heterocycles. The summed E-state index contributed by atoms with van der Waals surface area (Å²) in [4.78, 5) is 0. The number of phenols is 1. The van der Waals surface area contributed by atoms with Gasteiger partial charge < -0.3 is 25.2 Å². The Morgan fingerprint density at radius 3 is 2.88 bits per heavy atom. The summed E-state index contributed by atoms with van der Waals surface area (Å²) in [5.41, 5.74) is 1.81. The van der Waals surface area contributed by atoms with Crippen LogP contribution in [0.4, 0.5) is 0 Å². The third-order valence-corrected chi connectivity index (χ3v) is 4.09. The molecule has 0 bridgehead atoms. The highest BCUT2D eigenvalue weighted by Crippen LogP contribution is 2.28. The van der Waals surface area contributed by atoms with E-state index in [9.17, 15) is 5.11 Å². The Labute approximate surface area is 152 Å².